The Morgan fingerprint density at radius 1 is 1.50 bits per heavy atom. The van der Waals surface area contributed by atoms with Crippen LogP contribution < -0.4 is 5.32 Å². The zero-order chi connectivity index (χ0) is 16.3. The zero-order valence-corrected chi connectivity index (χ0v) is 15.3. The second-order valence-electron chi connectivity index (χ2n) is 6.60. The topological polar surface area (TPSA) is 41.6 Å². The molecular weight excluding hydrogens is 398 g/mol. The van der Waals surface area contributed by atoms with Crippen molar-refractivity contribution in [3.05, 3.63) is 33.1 Å². The van der Waals surface area contributed by atoms with E-state index >= 15 is 0 Å². The molecule has 0 aromatic heterocycles. The van der Waals surface area contributed by atoms with Crippen molar-refractivity contribution < 1.29 is 13.9 Å². The van der Waals surface area contributed by atoms with E-state index in [1.165, 1.54) is 6.07 Å². The number of hydrogen-bond acceptors (Lipinski definition) is 3. The Balaban J connectivity index is 1.85. The number of hydrogen-bond donors (Lipinski definition) is 1. The lowest BCUT2D eigenvalue weighted by molar-refractivity contribution is 0.0505. The molecule has 1 saturated heterocycles. The molecule has 0 spiro atoms. The fourth-order valence-electron chi connectivity index (χ4n) is 2.47. The smallest absolute Gasteiger partial charge is 0.407 e. The summed E-state index contributed by atoms with van der Waals surface area (Å²) in [6.07, 6.45) is 0.463. The van der Waals surface area contributed by atoms with Crippen molar-refractivity contribution in [1.82, 2.24) is 10.2 Å². The maximum atomic E-state index is 13.8. The van der Waals surface area contributed by atoms with Gasteiger partial charge in [-0.25, -0.2) is 9.18 Å². The highest BCUT2D eigenvalue weighted by Gasteiger charge is 2.26. The number of carbonyl (C=O) groups excluding carboxylic acids is 1. The molecule has 1 aliphatic rings. The molecule has 0 saturated carbocycles. The van der Waals surface area contributed by atoms with Crippen molar-refractivity contribution in [2.45, 2.75) is 45.4 Å². The van der Waals surface area contributed by atoms with E-state index in [1.807, 2.05) is 26.8 Å². The second-order valence-corrected chi connectivity index (χ2v) is 7.85. The van der Waals surface area contributed by atoms with E-state index < -0.39 is 5.60 Å². The van der Waals surface area contributed by atoms with Crippen LogP contribution in [0.1, 0.15) is 32.8 Å². The fraction of sp³-hybridized carbons (Fsp3) is 0.562. The molecule has 2 rings (SSSR count). The van der Waals surface area contributed by atoms with E-state index in [1.54, 1.807) is 6.07 Å². The van der Waals surface area contributed by atoms with Crippen LogP contribution >= 0.6 is 22.6 Å². The minimum atomic E-state index is -0.494. The number of nitrogens with zero attached hydrogens (tertiary/aromatic N) is 1. The van der Waals surface area contributed by atoms with Gasteiger partial charge in [0.25, 0.3) is 0 Å². The highest BCUT2D eigenvalue weighted by Crippen LogP contribution is 2.18. The summed E-state index contributed by atoms with van der Waals surface area (Å²) in [6, 6.07) is 5.19. The molecule has 4 nitrogen and oxygen atoms in total. The van der Waals surface area contributed by atoms with Crippen LogP contribution in [0, 0.1) is 9.39 Å². The molecule has 1 aliphatic heterocycles. The van der Waals surface area contributed by atoms with Gasteiger partial charge in [0.2, 0.25) is 0 Å². The van der Waals surface area contributed by atoms with Gasteiger partial charge in [-0.15, -0.1) is 0 Å². The largest absolute Gasteiger partial charge is 0.444 e. The van der Waals surface area contributed by atoms with Gasteiger partial charge in [-0.1, -0.05) is 0 Å². The standard InChI is InChI=1S/C16H22FIN2O2/c1-16(2,3)22-15(21)19-13-6-7-20(10-13)9-11-8-12(18)4-5-14(11)17/h4-5,8,13H,6-7,9-10H2,1-3H3,(H,19,21)/t13-/m0/s1. The molecule has 1 N–H and O–H groups in total. The van der Waals surface area contributed by atoms with Crippen LogP contribution in [0.4, 0.5) is 9.18 Å². The van der Waals surface area contributed by atoms with E-state index in [0.717, 1.165) is 16.5 Å². The number of nitrogens with one attached hydrogen (secondary N) is 1. The normalized spacial score (nSPS) is 19.2. The van der Waals surface area contributed by atoms with Gasteiger partial charge in [-0.2, -0.15) is 0 Å². The van der Waals surface area contributed by atoms with Crippen molar-refractivity contribution in [2.75, 3.05) is 13.1 Å². The first kappa shape index (κ1) is 17.5. The highest BCUT2D eigenvalue weighted by atomic mass is 127. The molecule has 6 heteroatoms. The third-order valence-electron chi connectivity index (χ3n) is 3.39. The third kappa shape index (κ3) is 5.39. The first-order valence-electron chi connectivity index (χ1n) is 7.39. The van der Waals surface area contributed by atoms with Gasteiger partial charge in [0.05, 0.1) is 0 Å². The summed E-state index contributed by atoms with van der Waals surface area (Å²) in [5, 5.41) is 2.88. The molecule has 1 amide bonds. The molecule has 0 aliphatic carbocycles. The zero-order valence-electron chi connectivity index (χ0n) is 13.2. The van der Waals surface area contributed by atoms with Crippen LogP contribution in [0.5, 0.6) is 0 Å². The molecule has 122 valence electrons. The summed E-state index contributed by atoms with van der Waals surface area (Å²) in [5.74, 6) is -0.177. The summed E-state index contributed by atoms with van der Waals surface area (Å²) in [6.45, 7) is 7.64. The average Bonchev–Trinajstić information content (AvgIpc) is 2.78. The van der Waals surface area contributed by atoms with Crippen molar-refractivity contribution >= 4 is 28.7 Å². The van der Waals surface area contributed by atoms with Gasteiger partial charge in [0, 0.05) is 34.8 Å². The van der Waals surface area contributed by atoms with Gasteiger partial charge in [-0.3, -0.25) is 4.90 Å². The lowest BCUT2D eigenvalue weighted by Gasteiger charge is -2.22. The molecule has 1 aromatic rings. The van der Waals surface area contributed by atoms with Crippen molar-refractivity contribution in [3.8, 4) is 0 Å². The summed E-state index contributed by atoms with van der Waals surface area (Å²) in [7, 11) is 0. The summed E-state index contributed by atoms with van der Waals surface area (Å²) >= 11 is 2.18. The van der Waals surface area contributed by atoms with Gasteiger partial charge in [0.1, 0.15) is 11.4 Å². The van der Waals surface area contributed by atoms with Crippen molar-refractivity contribution in [1.29, 1.82) is 0 Å². The van der Waals surface area contributed by atoms with Crippen molar-refractivity contribution in [2.24, 2.45) is 0 Å². The van der Waals surface area contributed by atoms with Gasteiger partial charge in [-0.05, 0) is 68.0 Å². The Morgan fingerprint density at radius 3 is 2.91 bits per heavy atom. The number of rotatable bonds is 3. The van der Waals surface area contributed by atoms with Gasteiger partial charge in [0.15, 0.2) is 0 Å². The fourth-order valence-corrected chi connectivity index (χ4v) is 3.03. The van der Waals surface area contributed by atoms with E-state index in [0.29, 0.717) is 18.7 Å². The summed E-state index contributed by atoms with van der Waals surface area (Å²) < 4.78 is 20.1. The number of likely N-dealkylation sites (tertiary alicyclic amines) is 1. The Hall–Kier alpha value is -0.890. The predicted molar refractivity (Wildman–Crippen MR) is 92.2 cm³/mol. The Kier molecular flexibility index (Phi) is 5.65. The van der Waals surface area contributed by atoms with Crippen LogP contribution in [-0.4, -0.2) is 35.7 Å². The number of amides is 1. The molecule has 1 fully saturated rings. The highest BCUT2D eigenvalue weighted by molar-refractivity contribution is 14.1. The van der Waals surface area contributed by atoms with Crippen LogP contribution in [0.2, 0.25) is 0 Å². The Labute approximate surface area is 144 Å². The molecular formula is C16H22FIN2O2. The van der Waals surface area contributed by atoms with Crippen molar-refractivity contribution in [3.63, 3.8) is 0 Å². The summed E-state index contributed by atoms with van der Waals surface area (Å²) in [5.41, 5.74) is 0.205. The van der Waals surface area contributed by atoms with Crippen LogP contribution in [0.15, 0.2) is 18.2 Å². The monoisotopic (exact) mass is 420 g/mol. The number of benzene rings is 1. The lowest BCUT2D eigenvalue weighted by atomic mass is 10.2. The molecule has 1 heterocycles. The number of halogens is 2. The number of carbonyl (C=O) groups is 1. The first-order chi connectivity index (χ1) is 10.2. The molecule has 22 heavy (non-hydrogen) atoms. The Bertz CT molecular complexity index is 545. The van der Waals surface area contributed by atoms with Crippen LogP contribution in [0.25, 0.3) is 0 Å². The average molecular weight is 420 g/mol. The second kappa shape index (κ2) is 7.12. The molecule has 0 unspecified atom stereocenters. The van der Waals surface area contributed by atoms with Gasteiger partial charge < -0.3 is 10.1 Å². The predicted octanol–water partition coefficient (Wildman–Crippen LogP) is 3.53. The summed E-state index contributed by atoms with van der Waals surface area (Å²) in [4.78, 5) is 13.9. The minimum absolute atomic E-state index is 0.0562. The molecule has 1 aromatic carbocycles. The van der Waals surface area contributed by atoms with Crippen LogP contribution in [0.3, 0.4) is 0 Å². The van der Waals surface area contributed by atoms with E-state index in [9.17, 15) is 9.18 Å². The quantitative estimate of drug-likeness (QED) is 0.761. The lowest BCUT2D eigenvalue weighted by Crippen LogP contribution is -2.40. The van der Waals surface area contributed by atoms with Gasteiger partial charge >= 0.3 is 6.09 Å². The Morgan fingerprint density at radius 2 is 2.23 bits per heavy atom. The third-order valence-corrected chi connectivity index (χ3v) is 4.07. The molecule has 0 bridgehead atoms. The molecule has 0 radical (unpaired) electrons. The van der Waals surface area contributed by atoms with E-state index in [2.05, 4.69) is 32.8 Å². The van der Waals surface area contributed by atoms with Crippen LogP contribution in [-0.2, 0) is 11.3 Å². The molecule has 1 atom stereocenters. The number of alkyl carbamates (subject to hydrolysis) is 1. The minimum Gasteiger partial charge on any atom is -0.444 e. The van der Waals surface area contributed by atoms with E-state index in [-0.39, 0.29) is 18.0 Å². The first-order valence-corrected chi connectivity index (χ1v) is 8.46. The maximum Gasteiger partial charge on any atom is 0.407 e. The number of ether oxygens (including phenoxy) is 1. The SMILES string of the molecule is CC(C)(C)OC(=O)N[C@H]1CCN(Cc2cc(I)ccc2F)C1. The van der Waals surface area contributed by atoms with E-state index in [4.69, 9.17) is 4.74 Å². The maximum absolute atomic E-state index is 13.8.